The lowest BCUT2D eigenvalue weighted by molar-refractivity contribution is -0.576. The Bertz CT molecular complexity index is 1160. The molecule has 3 aromatic carbocycles. The second-order valence-electron chi connectivity index (χ2n) is 6.78. The van der Waals surface area contributed by atoms with Gasteiger partial charge in [-0.2, -0.15) is 4.57 Å². The summed E-state index contributed by atoms with van der Waals surface area (Å²) < 4.78 is 2.15. The molecule has 0 fully saturated rings. The lowest BCUT2D eigenvalue weighted by atomic mass is 9.99. The first kappa shape index (κ1) is 17.1. The van der Waals surface area contributed by atoms with Gasteiger partial charge in [0.1, 0.15) is 17.6 Å². The van der Waals surface area contributed by atoms with E-state index in [0.29, 0.717) is 0 Å². The van der Waals surface area contributed by atoms with Crippen LogP contribution in [0.15, 0.2) is 109 Å². The van der Waals surface area contributed by atoms with Crippen molar-refractivity contribution in [1.82, 2.24) is 15.4 Å². The standard InChI is InChI=1S/C25H19N4/c1-4-10-19(11-5-1)22-16-23(20-12-6-2-7-13-20)29(25-18-26-28-27-25)24(17-22)21-14-8-3-9-15-21/h1-18H,(H,26,27,28)/q+1. The molecule has 2 aromatic heterocycles. The van der Waals surface area contributed by atoms with Gasteiger partial charge in [-0.1, -0.05) is 91.0 Å². The monoisotopic (exact) mass is 375 g/mol. The van der Waals surface area contributed by atoms with E-state index in [4.69, 9.17) is 0 Å². The molecule has 4 heteroatoms. The van der Waals surface area contributed by atoms with Gasteiger partial charge in [0.25, 0.3) is 0 Å². The molecule has 5 rings (SSSR count). The largest absolute Gasteiger partial charge is 0.375 e. The highest BCUT2D eigenvalue weighted by Crippen LogP contribution is 2.29. The van der Waals surface area contributed by atoms with E-state index in [1.165, 1.54) is 5.56 Å². The Hall–Kier alpha value is -4.05. The number of hydrogen-bond acceptors (Lipinski definition) is 2. The number of benzene rings is 3. The third-order valence-electron chi connectivity index (χ3n) is 4.94. The highest BCUT2D eigenvalue weighted by Gasteiger charge is 2.23. The maximum Gasteiger partial charge on any atom is 0.375 e. The summed E-state index contributed by atoms with van der Waals surface area (Å²) in [5, 5.41) is 11.2. The van der Waals surface area contributed by atoms with E-state index < -0.39 is 0 Å². The predicted octanol–water partition coefficient (Wildman–Crippen LogP) is 5.08. The molecule has 0 spiro atoms. The van der Waals surface area contributed by atoms with Crippen molar-refractivity contribution in [1.29, 1.82) is 0 Å². The van der Waals surface area contributed by atoms with Crippen LogP contribution in [0.1, 0.15) is 0 Å². The number of pyridine rings is 1. The molecule has 0 saturated heterocycles. The lowest BCUT2D eigenvalue weighted by Crippen LogP contribution is -2.37. The van der Waals surface area contributed by atoms with Crippen LogP contribution in [0, 0.1) is 0 Å². The van der Waals surface area contributed by atoms with Crippen molar-refractivity contribution in [3.8, 4) is 39.5 Å². The molecule has 0 amide bonds. The summed E-state index contributed by atoms with van der Waals surface area (Å²) in [7, 11) is 0. The normalized spacial score (nSPS) is 10.8. The van der Waals surface area contributed by atoms with Gasteiger partial charge in [-0.3, -0.25) is 0 Å². The number of H-pyrrole nitrogens is 1. The van der Waals surface area contributed by atoms with Gasteiger partial charge in [0.05, 0.1) is 5.10 Å². The number of hydrogen-bond donors (Lipinski definition) is 1. The fraction of sp³-hybridized carbons (Fsp3) is 0. The summed E-state index contributed by atoms with van der Waals surface area (Å²) in [5.74, 6) is 0.752. The summed E-state index contributed by atoms with van der Waals surface area (Å²) in [6, 6.07) is 35.6. The van der Waals surface area contributed by atoms with Crippen molar-refractivity contribution in [2.45, 2.75) is 0 Å². The third kappa shape index (κ3) is 3.32. The van der Waals surface area contributed by atoms with Crippen molar-refractivity contribution in [3.05, 3.63) is 109 Å². The Labute approximate surface area is 169 Å². The van der Waals surface area contributed by atoms with E-state index in [-0.39, 0.29) is 0 Å². The molecule has 0 aliphatic carbocycles. The maximum absolute atomic E-state index is 4.39. The Morgan fingerprint density at radius 3 is 1.48 bits per heavy atom. The van der Waals surface area contributed by atoms with Gasteiger partial charge in [0, 0.05) is 11.1 Å². The number of rotatable bonds is 4. The van der Waals surface area contributed by atoms with Gasteiger partial charge < -0.3 is 0 Å². The van der Waals surface area contributed by atoms with Gasteiger partial charge in [-0.05, 0) is 23.3 Å². The lowest BCUT2D eigenvalue weighted by Gasteiger charge is -2.13. The highest BCUT2D eigenvalue weighted by molar-refractivity contribution is 5.74. The highest BCUT2D eigenvalue weighted by atomic mass is 15.4. The average molecular weight is 375 g/mol. The van der Waals surface area contributed by atoms with Crippen LogP contribution in [0.3, 0.4) is 0 Å². The molecular weight excluding hydrogens is 356 g/mol. The van der Waals surface area contributed by atoms with E-state index in [2.05, 4.69) is 105 Å². The summed E-state index contributed by atoms with van der Waals surface area (Å²) in [4.78, 5) is 0. The quantitative estimate of drug-likeness (QED) is 0.445. The molecule has 1 N–H and O–H groups in total. The van der Waals surface area contributed by atoms with Crippen LogP contribution in [-0.4, -0.2) is 15.4 Å². The predicted molar refractivity (Wildman–Crippen MR) is 114 cm³/mol. The summed E-state index contributed by atoms with van der Waals surface area (Å²) >= 11 is 0. The van der Waals surface area contributed by atoms with Crippen LogP contribution in [0.4, 0.5) is 0 Å². The molecule has 29 heavy (non-hydrogen) atoms. The van der Waals surface area contributed by atoms with Crippen LogP contribution < -0.4 is 4.57 Å². The molecule has 0 aliphatic rings. The van der Waals surface area contributed by atoms with Crippen molar-refractivity contribution in [3.63, 3.8) is 0 Å². The Kier molecular flexibility index (Phi) is 4.43. The third-order valence-corrected chi connectivity index (χ3v) is 4.94. The first-order valence-electron chi connectivity index (χ1n) is 9.53. The van der Waals surface area contributed by atoms with Gasteiger partial charge in [0.15, 0.2) is 0 Å². The van der Waals surface area contributed by atoms with E-state index in [1.807, 2.05) is 18.2 Å². The van der Waals surface area contributed by atoms with E-state index >= 15 is 0 Å². The van der Waals surface area contributed by atoms with Crippen molar-refractivity contribution >= 4 is 0 Å². The number of aromatic amines is 1. The molecule has 5 aromatic rings. The zero-order valence-electron chi connectivity index (χ0n) is 15.7. The fourth-order valence-corrected chi connectivity index (χ4v) is 3.59. The molecular formula is C25H19N4+. The SMILES string of the molecule is c1ccc(-c2cc(-c3ccccc3)[n+](-c3cn[nH]n3)c(-c3ccccc3)c2)cc1. The second-order valence-corrected chi connectivity index (χ2v) is 6.78. The smallest absolute Gasteiger partial charge is 0.185 e. The molecule has 2 heterocycles. The molecule has 138 valence electrons. The van der Waals surface area contributed by atoms with Crippen molar-refractivity contribution in [2.75, 3.05) is 0 Å². The molecule has 4 nitrogen and oxygen atoms in total. The second kappa shape index (κ2) is 7.52. The molecule has 0 bridgehead atoms. The van der Waals surface area contributed by atoms with E-state index in [1.54, 1.807) is 6.20 Å². The summed E-state index contributed by atoms with van der Waals surface area (Å²) in [6.07, 6.45) is 1.75. The summed E-state index contributed by atoms with van der Waals surface area (Å²) in [6.45, 7) is 0. The van der Waals surface area contributed by atoms with Crippen LogP contribution >= 0.6 is 0 Å². The van der Waals surface area contributed by atoms with Crippen molar-refractivity contribution in [2.24, 2.45) is 0 Å². The topological polar surface area (TPSA) is 45.5 Å². The zero-order chi connectivity index (χ0) is 19.5. The zero-order valence-corrected chi connectivity index (χ0v) is 15.7. The Morgan fingerprint density at radius 1 is 0.552 bits per heavy atom. The van der Waals surface area contributed by atoms with Crippen LogP contribution in [0.25, 0.3) is 39.5 Å². The van der Waals surface area contributed by atoms with Gasteiger partial charge in [-0.15, -0.1) is 10.3 Å². The Balaban J connectivity index is 1.87. The first-order chi connectivity index (χ1) is 14.4. The van der Waals surface area contributed by atoms with Crippen LogP contribution in [-0.2, 0) is 0 Å². The number of nitrogens with zero attached hydrogens (tertiary/aromatic N) is 3. The van der Waals surface area contributed by atoms with Gasteiger partial charge >= 0.3 is 5.82 Å². The molecule has 0 atom stereocenters. The minimum Gasteiger partial charge on any atom is -0.185 e. The van der Waals surface area contributed by atoms with Gasteiger partial charge in [0.2, 0.25) is 0 Å². The fourth-order valence-electron chi connectivity index (χ4n) is 3.59. The van der Waals surface area contributed by atoms with Crippen LogP contribution in [0.2, 0.25) is 0 Å². The van der Waals surface area contributed by atoms with E-state index in [9.17, 15) is 0 Å². The van der Waals surface area contributed by atoms with Gasteiger partial charge in [-0.25, -0.2) is 0 Å². The minimum atomic E-state index is 0.752. The van der Waals surface area contributed by atoms with Crippen molar-refractivity contribution < 1.29 is 4.57 Å². The molecule has 0 aliphatic heterocycles. The summed E-state index contributed by atoms with van der Waals surface area (Å²) in [5.41, 5.74) is 6.67. The minimum absolute atomic E-state index is 0.752. The number of nitrogens with one attached hydrogen (secondary N) is 1. The molecule has 0 radical (unpaired) electrons. The van der Waals surface area contributed by atoms with E-state index in [0.717, 1.165) is 33.9 Å². The Morgan fingerprint density at radius 2 is 1.03 bits per heavy atom. The molecule has 0 unspecified atom stereocenters. The first-order valence-corrected chi connectivity index (χ1v) is 9.53. The molecule has 0 saturated carbocycles. The average Bonchev–Trinajstić information content (AvgIpc) is 3.34. The van der Waals surface area contributed by atoms with Crippen LogP contribution in [0.5, 0.6) is 0 Å². The number of aromatic nitrogens is 4. The maximum atomic E-state index is 4.39.